The van der Waals surface area contributed by atoms with Crippen molar-refractivity contribution in [3.05, 3.63) is 0 Å². The summed E-state index contributed by atoms with van der Waals surface area (Å²) in [4.78, 5) is 17.8. The predicted molar refractivity (Wildman–Crippen MR) is 105 cm³/mol. The molecule has 0 atom stereocenters. The Morgan fingerprint density at radius 2 is 2.09 bits per heavy atom. The summed E-state index contributed by atoms with van der Waals surface area (Å²) in [5.41, 5.74) is 0. The molecule has 0 aromatic carbocycles. The Balaban J connectivity index is 0.00000441. The number of hydrogen-bond donors (Lipinski definition) is 2. The fourth-order valence-corrected chi connectivity index (χ4v) is 2.67. The quantitative estimate of drug-likeness (QED) is 0.285. The van der Waals surface area contributed by atoms with Crippen molar-refractivity contribution in [1.29, 1.82) is 0 Å². The van der Waals surface area contributed by atoms with Gasteiger partial charge in [-0.3, -0.25) is 4.99 Å². The van der Waals surface area contributed by atoms with Crippen molar-refractivity contribution in [2.45, 2.75) is 32.2 Å². The second-order valence-corrected chi connectivity index (χ2v) is 5.97. The summed E-state index contributed by atoms with van der Waals surface area (Å²) in [6.07, 6.45) is 4.82. The third-order valence-corrected chi connectivity index (χ3v) is 4.09. The Hall–Kier alpha value is -0.380. The van der Waals surface area contributed by atoms with Gasteiger partial charge in [-0.1, -0.05) is 0 Å². The molecule has 1 amide bonds. The van der Waals surface area contributed by atoms with Crippen LogP contribution in [-0.4, -0.2) is 68.3 Å². The molecule has 1 saturated heterocycles. The number of nitrogens with one attached hydrogen (secondary N) is 2. The number of carbonyl (C=O) groups is 1. The van der Waals surface area contributed by atoms with E-state index in [1.165, 1.54) is 7.11 Å². The third kappa shape index (κ3) is 8.30. The molecule has 0 bridgehead atoms. The van der Waals surface area contributed by atoms with Gasteiger partial charge in [0.15, 0.2) is 5.96 Å². The average Bonchev–Trinajstić information content (AvgIpc) is 2.51. The van der Waals surface area contributed by atoms with Crippen molar-refractivity contribution in [1.82, 2.24) is 15.5 Å². The lowest BCUT2D eigenvalue weighted by Crippen LogP contribution is -2.49. The zero-order valence-electron chi connectivity index (χ0n) is 13.8. The van der Waals surface area contributed by atoms with E-state index in [1.807, 2.05) is 11.8 Å². The number of likely N-dealkylation sites (tertiary alicyclic amines) is 1. The lowest BCUT2D eigenvalue weighted by molar-refractivity contribution is 0.111. The zero-order chi connectivity index (χ0) is 15.5. The van der Waals surface area contributed by atoms with E-state index in [0.717, 1.165) is 57.2 Å². The number of amides is 1. The minimum Gasteiger partial charge on any atom is -0.453 e. The van der Waals surface area contributed by atoms with Crippen LogP contribution in [-0.2, 0) is 4.74 Å². The van der Waals surface area contributed by atoms with Crippen molar-refractivity contribution < 1.29 is 9.53 Å². The molecule has 1 aliphatic heterocycles. The van der Waals surface area contributed by atoms with Gasteiger partial charge in [-0.2, -0.15) is 11.8 Å². The maximum absolute atomic E-state index is 11.4. The van der Waals surface area contributed by atoms with Gasteiger partial charge in [0, 0.05) is 32.2 Å². The summed E-state index contributed by atoms with van der Waals surface area (Å²) in [5, 5.41) is 6.74. The van der Waals surface area contributed by atoms with E-state index < -0.39 is 0 Å². The second-order valence-electron chi connectivity index (χ2n) is 4.98. The van der Waals surface area contributed by atoms with Gasteiger partial charge in [-0.05, 0) is 38.2 Å². The first kappa shape index (κ1) is 21.6. The summed E-state index contributed by atoms with van der Waals surface area (Å²) in [7, 11) is 1.43. The molecule has 1 fully saturated rings. The molecular weight excluding hydrogens is 415 g/mol. The van der Waals surface area contributed by atoms with Crippen LogP contribution < -0.4 is 10.6 Å². The van der Waals surface area contributed by atoms with Crippen molar-refractivity contribution in [2.75, 3.05) is 45.3 Å². The molecule has 2 N–H and O–H groups in total. The lowest BCUT2D eigenvalue weighted by atomic mass is 10.1. The number of rotatable bonds is 6. The summed E-state index contributed by atoms with van der Waals surface area (Å²) in [6, 6.07) is 0.365. The minimum atomic E-state index is -0.230. The topological polar surface area (TPSA) is 66.0 Å². The molecule has 0 aliphatic carbocycles. The van der Waals surface area contributed by atoms with E-state index in [0.29, 0.717) is 6.04 Å². The number of halogens is 1. The summed E-state index contributed by atoms with van der Waals surface area (Å²) in [5.74, 6) is 2.02. The molecule has 1 heterocycles. The molecule has 0 aromatic heterocycles. The highest BCUT2D eigenvalue weighted by atomic mass is 127. The van der Waals surface area contributed by atoms with Crippen LogP contribution in [0.1, 0.15) is 26.2 Å². The number of guanidine groups is 1. The second kappa shape index (κ2) is 13.1. The van der Waals surface area contributed by atoms with Crippen molar-refractivity contribution >= 4 is 47.8 Å². The van der Waals surface area contributed by atoms with E-state index >= 15 is 0 Å². The van der Waals surface area contributed by atoms with Crippen LogP contribution >= 0.6 is 35.7 Å². The Bertz CT molecular complexity index is 337. The molecule has 1 aliphatic rings. The van der Waals surface area contributed by atoms with E-state index in [1.54, 1.807) is 4.90 Å². The number of aliphatic imine (C=N–C) groups is 1. The van der Waals surface area contributed by atoms with Gasteiger partial charge in [0.2, 0.25) is 0 Å². The highest BCUT2D eigenvalue weighted by Crippen LogP contribution is 2.11. The SMILES string of the molecule is CCNC(=NCCCSC)NC1CCN(C(=O)OC)CC1.I. The maximum atomic E-state index is 11.4. The molecule has 0 saturated carbocycles. The minimum absolute atomic E-state index is 0. The molecule has 0 aromatic rings. The van der Waals surface area contributed by atoms with Crippen LogP contribution in [0.5, 0.6) is 0 Å². The number of piperidine rings is 1. The smallest absolute Gasteiger partial charge is 0.409 e. The molecule has 1 rings (SSSR count). The molecule has 0 spiro atoms. The van der Waals surface area contributed by atoms with Gasteiger partial charge in [-0.25, -0.2) is 4.79 Å². The molecule has 22 heavy (non-hydrogen) atoms. The van der Waals surface area contributed by atoms with E-state index in [4.69, 9.17) is 4.74 Å². The van der Waals surface area contributed by atoms with Crippen molar-refractivity contribution in [3.63, 3.8) is 0 Å². The normalized spacial score (nSPS) is 16.0. The number of methoxy groups -OCH3 is 1. The Morgan fingerprint density at radius 1 is 1.41 bits per heavy atom. The van der Waals surface area contributed by atoms with Crippen LogP contribution in [0.4, 0.5) is 4.79 Å². The zero-order valence-corrected chi connectivity index (χ0v) is 16.9. The highest BCUT2D eigenvalue weighted by Gasteiger charge is 2.23. The first-order valence-corrected chi connectivity index (χ1v) is 8.97. The summed E-state index contributed by atoms with van der Waals surface area (Å²) in [6.45, 7) is 5.23. The van der Waals surface area contributed by atoms with Crippen LogP contribution in [0.2, 0.25) is 0 Å². The van der Waals surface area contributed by atoms with Gasteiger partial charge in [0.1, 0.15) is 0 Å². The molecule has 6 nitrogen and oxygen atoms in total. The van der Waals surface area contributed by atoms with Crippen LogP contribution in [0.15, 0.2) is 4.99 Å². The number of thioether (sulfide) groups is 1. The fraction of sp³-hybridized carbons (Fsp3) is 0.857. The first-order chi connectivity index (χ1) is 10.2. The number of carbonyl (C=O) groups excluding carboxylic acids is 1. The van der Waals surface area contributed by atoms with Gasteiger partial charge < -0.3 is 20.3 Å². The van der Waals surface area contributed by atoms with E-state index in [2.05, 4.69) is 28.8 Å². The largest absolute Gasteiger partial charge is 0.453 e. The van der Waals surface area contributed by atoms with Crippen LogP contribution in [0.25, 0.3) is 0 Å². The lowest BCUT2D eigenvalue weighted by Gasteiger charge is -2.32. The van der Waals surface area contributed by atoms with Crippen LogP contribution in [0.3, 0.4) is 0 Å². The number of hydrogen-bond acceptors (Lipinski definition) is 4. The predicted octanol–water partition coefficient (Wildman–Crippen LogP) is 2.14. The van der Waals surface area contributed by atoms with Crippen molar-refractivity contribution in [3.8, 4) is 0 Å². The highest BCUT2D eigenvalue weighted by molar-refractivity contribution is 14.0. The third-order valence-electron chi connectivity index (χ3n) is 3.39. The monoisotopic (exact) mass is 444 g/mol. The Kier molecular flexibility index (Phi) is 12.9. The van der Waals surface area contributed by atoms with Gasteiger partial charge in [-0.15, -0.1) is 24.0 Å². The number of ether oxygens (including phenoxy) is 1. The molecule has 0 radical (unpaired) electrons. The van der Waals surface area contributed by atoms with Gasteiger partial charge in [0.05, 0.1) is 7.11 Å². The molecule has 8 heteroatoms. The Morgan fingerprint density at radius 3 is 2.64 bits per heavy atom. The fourth-order valence-electron chi connectivity index (χ4n) is 2.25. The number of nitrogens with zero attached hydrogens (tertiary/aromatic N) is 2. The van der Waals surface area contributed by atoms with Gasteiger partial charge in [0.25, 0.3) is 0 Å². The van der Waals surface area contributed by atoms with Gasteiger partial charge >= 0.3 is 6.09 Å². The van der Waals surface area contributed by atoms with Crippen LogP contribution in [0, 0.1) is 0 Å². The maximum Gasteiger partial charge on any atom is 0.409 e. The summed E-state index contributed by atoms with van der Waals surface area (Å²) < 4.78 is 4.75. The molecule has 130 valence electrons. The van der Waals surface area contributed by atoms with Crippen molar-refractivity contribution in [2.24, 2.45) is 4.99 Å². The standard InChI is InChI=1S/C14H28N4O2S.HI/c1-4-15-13(16-8-5-11-21-3)17-12-6-9-18(10-7-12)14(19)20-2;/h12H,4-11H2,1-3H3,(H2,15,16,17);1H. The Labute approximate surface area is 155 Å². The first-order valence-electron chi connectivity index (χ1n) is 7.58. The van der Waals surface area contributed by atoms with E-state index in [-0.39, 0.29) is 30.1 Å². The molecular formula is C14H29IN4O2S. The average molecular weight is 444 g/mol. The summed E-state index contributed by atoms with van der Waals surface area (Å²) >= 11 is 1.85. The van der Waals surface area contributed by atoms with E-state index in [9.17, 15) is 4.79 Å². The molecule has 0 unspecified atom stereocenters.